The first-order chi connectivity index (χ1) is 23.8. The second-order valence-corrected chi connectivity index (χ2v) is 13.4. The predicted molar refractivity (Wildman–Crippen MR) is 187 cm³/mol. The number of para-hydroxylation sites is 2. The van der Waals surface area contributed by atoms with Crippen molar-refractivity contribution in [2.75, 3.05) is 13.1 Å². The quantitative estimate of drug-likeness (QED) is 0.105. The average Bonchev–Trinajstić information content (AvgIpc) is 3.54. The third-order valence-corrected chi connectivity index (χ3v) is 9.82. The number of thiocarbonyl (C=S) groups is 2. The van der Waals surface area contributed by atoms with E-state index in [0.29, 0.717) is 0 Å². The number of nitrogens with zero attached hydrogens (tertiary/aromatic N) is 4. The van der Waals surface area contributed by atoms with Gasteiger partial charge in [0.2, 0.25) is 11.8 Å². The number of benzene rings is 2. The van der Waals surface area contributed by atoms with E-state index in [1.807, 2.05) is 0 Å². The van der Waals surface area contributed by atoms with E-state index in [-0.39, 0.29) is 68.4 Å². The molecule has 0 bridgehead atoms. The predicted octanol–water partition coefficient (Wildman–Crippen LogP) is 2.22. The van der Waals surface area contributed by atoms with Gasteiger partial charge in [-0.05, 0) is 25.0 Å². The Hall–Kier alpha value is -5.32. The Bertz CT molecular complexity index is 1740. The molecule has 22 heteroatoms. The second-order valence-electron chi connectivity index (χ2n) is 10.1. The first-order valence-electron chi connectivity index (χ1n) is 14.3. The fraction of sp³-hybridized carbons (Fsp3) is 0.214. The Balaban J connectivity index is 1.23. The number of thioether (sulfide) groups is 2. The number of carbonyl (C=O) groups excluding carboxylic acids is 6. The van der Waals surface area contributed by atoms with Crippen molar-refractivity contribution in [3.63, 3.8) is 0 Å². The molecule has 2 aromatic rings. The standard InChI is InChI=1S/C28H24N8O10S4/c37-19(29-31-23(39)15-7-1-3-9-17(15)35(43)44)11-5-13-33-25(41)21(49-27(33)47)22-26(42)34(28(48)50-22)14-6-12-20(38)30-32-24(40)16-8-2-4-10-18(16)36(45)46/h1-4,7-10H,5-6,11-14H2,(H,29,37)(H,30,38)(H,31,39)(H,32,40)/b22-21+. The van der Waals surface area contributed by atoms with E-state index >= 15 is 0 Å². The first kappa shape index (κ1) is 37.5. The minimum absolute atomic E-state index is 0.0171. The summed E-state index contributed by atoms with van der Waals surface area (Å²) in [6.07, 6.45) is -0.0402. The molecule has 260 valence electrons. The third kappa shape index (κ3) is 9.02. The number of hydrogen-bond donors (Lipinski definition) is 4. The number of hydrazine groups is 2. The van der Waals surface area contributed by atoms with Gasteiger partial charge in [0.1, 0.15) is 19.8 Å². The van der Waals surface area contributed by atoms with Crippen LogP contribution in [0.25, 0.3) is 0 Å². The Morgan fingerprint density at radius 1 is 0.640 bits per heavy atom. The minimum atomic E-state index is -0.884. The molecule has 0 unspecified atom stereocenters. The largest absolute Gasteiger partial charge is 0.293 e. The molecule has 2 heterocycles. The van der Waals surface area contributed by atoms with Gasteiger partial charge in [-0.3, -0.25) is 80.5 Å². The Kier molecular flexibility index (Phi) is 12.7. The molecule has 18 nitrogen and oxygen atoms in total. The Labute approximate surface area is 301 Å². The highest BCUT2D eigenvalue weighted by Gasteiger charge is 2.41. The van der Waals surface area contributed by atoms with E-state index in [9.17, 15) is 49.0 Å². The molecular weight excluding hydrogens is 737 g/mol. The van der Waals surface area contributed by atoms with E-state index in [4.69, 9.17) is 24.4 Å². The van der Waals surface area contributed by atoms with Crippen LogP contribution in [0.5, 0.6) is 0 Å². The highest BCUT2D eigenvalue weighted by molar-refractivity contribution is 8.29. The Morgan fingerprint density at radius 2 is 1.00 bits per heavy atom. The molecule has 2 aromatic carbocycles. The average molecular weight is 761 g/mol. The summed E-state index contributed by atoms with van der Waals surface area (Å²) < 4.78 is 0.305. The summed E-state index contributed by atoms with van der Waals surface area (Å²) in [6, 6.07) is 10.4. The summed E-state index contributed by atoms with van der Waals surface area (Å²) in [5, 5.41) is 22.2. The van der Waals surface area contributed by atoms with Gasteiger partial charge >= 0.3 is 0 Å². The SMILES string of the molecule is O=C(CCCN1C(=O)/C(=C2\SC(=S)N(CCCC(=O)NNC(=O)c3ccccc3[N+](=O)[O-])C2=O)SC1=S)NNC(=O)c1ccccc1[N+](=O)[O-]. The number of amides is 6. The van der Waals surface area contributed by atoms with Crippen LogP contribution in [-0.2, 0) is 19.2 Å². The normalized spacial score (nSPS) is 15.6. The van der Waals surface area contributed by atoms with Crippen LogP contribution in [0.3, 0.4) is 0 Å². The van der Waals surface area contributed by atoms with Crippen LogP contribution in [0.15, 0.2) is 58.3 Å². The maximum Gasteiger partial charge on any atom is 0.282 e. The van der Waals surface area contributed by atoms with Crippen molar-refractivity contribution in [1.82, 2.24) is 31.5 Å². The highest BCUT2D eigenvalue weighted by atomic mass is 32.2. The molecule has 50 heavy (non-hydrogen) atoms. The zero-order valence-corrected chi connectivity index (χ0v) is 28.6. The summed E-state index contributed by atoms with van der Waals surface area (Å²) in [6.45, 7) is 0.0342. The van der Waals surface area contributed by atoms with Gasteiger partial charge in [0, 0.05) is 38.1 Å². The molecule has 2 aliphatic heterocycles. The van der Waals surface area contributed by atoms with Crippen LogP contribution in [0.1, 0.15) is 46.4 Å². The van der Waals surface area contributed by atoms with E-state index in [1.54, 1.807) is 0 Å². The molecule has 0 atom stereocenters. The van der Waals surface area contributed by atoms with Gasteiger partial charge in [-0.15, -0.1) is 0 Å². The fourth-order valence-electron chi connectivity index (χ4n) is 4.41. The van der Waals surface area contributed by atoms with Crippen LogP contribution >= 0.6 is 48.0 Å². The van der Waals surface area contributed by atoms with Gasteiger partial charge in [-0.25, -0.2) is 0 Å². The fourth-order valence-corrected chi connectivity index (χ4v) is 7.18. The van der Waals surface area contributed by atoms with Crippen molar-refractivity contribution in [3.05, 3.63) is 89.7 Å². The van der Waals surface area contributed by atoms with E-state index in [1.165, 1.54) is 46.2 Å². The number of hydrogen-bond acceptors (Lipinski definition) is 14. The molecule has 4 rings (SSSR count). The van der Waals surface area contributed by atoms with Gasteiger partial charge < -0.3 is 0 Å². The number of nitrogens with one attached hydrogen (secondary N) is 4. The monoisotopic (exact) mass is 760 g/mol. The van der Waals surface area contributed by atoms with Crippen molar-refractivity contribution in [1.29, 1.82) is 0 Å². The lowest BCUT2D eigenvalue weighted by molar-refractivity contribution is -0.385. The molecule has 6 amide bonds. The Morgan fingerprint density at radius 3 is 1.36 bits per heavy atom. The van der Waals surface area contributed by atoms with Crippen LogP contribution in [-0.4, -0.2) is 76.8 Å². The van der Waals surface area contributed by atoms with Gasteiger partial charge in [-0.1, -0.05) is 72.2 Å². The lowest BCUT2D eigenvalue weighted by Crippen LogP contribution is -2.42. The summed E-state index contributed by atoms with van der Waals surface area (Å²) in [5.74, 6) is -4.13. The topological polar surface area (TPSA) is 243 Å². The molecule has 2 saturated heterocycles. The molecule has 4 N–H and O–H groups in total. The number of rotatable bonds is 12. The third-order valence-electron chi connectivity index (χ3n) is 6.80. The summed E-state index contributed by atoms with van der Waals surface area (Å²) in [4.78, 5) is 98.8. The van der Waals surface area contributed by atoms with Crippen LogP contribution < -0.4 is 21.7 Å². The van der Waals surface area contributed by atoms with Crippen molar-refractivity contribution in [2.45, 2.75) is 25.7 Å². The summed E-state index contributed by atoms with van der Waals surface area (Å²) >= 11 is 12.4. The first-order valence-corrected chi connectivity index (χ1v) is 16.7. The van der Waals surface area contributed by atoms with Crippen LogP contribution in [0.4, 0.5) is 11.4 Å². The van der Waals surface area contributed by atoms with Gasteiger partial charge in [0.25, 0.3) is 35.0 Å². The maximum absolute atomic E-state index is 13.2. The molecule has 0 spiro atoms. The molecule has 0 radical (unpaired) electrons. The molecule has 2 fully saturated rings. The second kappa shape index (κ2) is 16.9. The smallest absolute Gasteiger partial charge is 0.282 e. The minimum Gasteiger partial charge on any atom is -0.293 e. The van der Waals surface area contributed by atoms with Gasteiger partial charge in [0.05, 0.1) is 19.7 Å². The van der Waals surface area contributed by atoms with Crippen molar-refractivity contribution in [3.8, 4) is 0 Å². The van der Waals surface area contributed by atoms with Crippen molar-refractivity contribution < 1.29 is 38.6 Å². The van der Waals surface area contributed by atoms with E-state index in [2.05, 4.69) is 21.7 Å². The zero-order chi connectivity index (χ0) is 36.5. The van der Waals surface area contributed by atoms with Gasteiger partial charge in [-0.2, -0.15) is 0 Å². The lowest BCUT2D eigenvalue weighted by atomic mass is 10.2. The highest BCUT2D eigenvalue weighted by Crippen LogP contribution is 2.42. The zero-order valence-electron chi connectivity index (χ0n) is 25.4. The van der Waals surface area contributed by atoms with Crippen LogP contribution in [0.2, 0.25) is 0 Å². The summed E-state index contributed by atoms with van der Waals surface area (Å²) in [7, 11) is 0. The number of carbonyl (C=O) groups is 6. The summed E-state index contributed by atoms with van der Waals surface area (Å²) in [5.41, 5.74) is 7.21. The molecule has 0 aromatic heterocycles. The molecule has 0 saturated carbocycles. The van der Waals surface area contributed by atoms with E-state index in [0.717, 1.165) is 35.7 Å². The van der Waals surface area contributed by atoms with E-state index < -0.39 is 56.7 Å². The maximum atomic E-state index is 13.2. The molecule has 2 aliphatic rings. The van der Waals surface area contributed by atoms with Gasteiger partial charge in [0.15, 0.2) is 0 Å². The van der Waals surface area contributed by atoms with Crippen molar-refractivity contribution in [2.24, 2.45) is 0 Å². The number of nitro benzene ring substituents is 2. The molecule has 0 aliphatic carbocycles. The molecular formula is C28H24N8O10S4. The van der Waals surface area contributed by atoms with Crippen molar-refractivity contribution >= 4 is 103 Å². The lowest BCUT2D eigenvalue weighted by Gasteiger charge is -2.15. The van der Waals surface area contributed by atoms with Crippen LogP contribution in [0, 0.1) is 20.2 Å². The number of nitro groups is 2.